The molecule has 0 radical (unpaired) electrons. The van der Waals surface area contributed by atoms with Gasteiger partial charge in [-0.05, 0) is 30.5 Å². The van der Waals surface area contributed by atoms with Gasteiger partial charge in [0.2, 0.25) is 0 Å². The molecule has 0 saturated heterocycles. The Morgan fingerprint density at radius 1 is 1.22 bits per heavy atom. The molecule has 2 aromatic heterocycles. The summed E-state index contributed by atoms with van der Waals surface area (Å²) in [5.74, 6) is 0.255. The summed E-state index contributed by atoms with van der Waals surface area (Å²) in [6.07, 6.45) is -4.86. The van der Waals surface area contributed by atoms with Crippen LogP contribution in [0.5, 0.6) is 11.5 Å². The SMILES string of the molecule is Cc1nc2c(cc(Oc3ccc([N+](=O)[O-])c(C(F)(F)F)c3)c3ccsc32)s1. The summed E-state index contributed by atoms with van der Waals surface area (Å²) in [7, 11) is 0. The Labute approximate surface area is 157 Å². The van der Waals surface area contributed by atoms with Gasteiger partial charge in [-0.15, -0.1) is 22.7 Å². The number of nitro groups is 1. The van der Waals surface area contributed by atoms with E-state index in [0.717, 1.165) is 37.4 Å². The van der Waals surface area contributed by atoms with Crippen LogP contribution in [0, 0.1) is 17.0 Å². The number of alkyl halides is 3. The zero-order valence-electron chi connectivity index (χ0n) is 13.5. The first-order valence-electron chi connectivity index (χ1n) is 7.55. The molecule has 0 aliphatic heterocycles. The minimum atomic E-state index is -4.86. The minimum Gasteiger partial charge on any atom is -0.457 e. The lowest BCUT2D eigenvalue weighted by Crippen LogP contribution is -2.09. The highest BCUT2D eigenvalue weighted by Crippen LogP contribution is 2.42. The second kappa shape index (κ2) is 6.17. The summed E-state index contributed by atoms with van der Waals surface area (Å²) in [5, 5.41) is 14.3. The maximum atomic E-state index is 13.2. The van der Waals surface area contributed by atoms with Gasteiger partial charge < -0.3 is 4.74 Å². The lowest BCUT2D eigenvalue weighted by Gasteiger charge is -2.11. The van der Waals surface area contributed by atoms with Crippen LogP contribution in [0.15, 0.2) is 35.7 Å². The number of ether oxygens (including phenoxy) is 1. The number of thiophene rings is 1. The van der Waals surface area contributed by atoms with Crippen molar-refractivity contribution >= 4 is 48.7 Å². The maximum Gasteiger partial charge on any atom is 0.423 e. The molecular formula is C17H9F3N2O3S2. The Balaban J connectivity index is 1.84. The van der Waals surface area contributed by atoms with Crippen molar-refractivity contribution in [3.05, 3.63) is 56.4 Å². The lowest BCUT2D eigenvalue weighted by atomic mass is 10.1. The van der Waals surface area contributed by atoms with Crippen LogP contribution in [-0.4, -0.2) is 9.91 Å². The van der Waals surface area contributed by atoms with Crippen molar-refractivity contribution in [2.75, 3.05) is 0 Å². The fourth-order valence-corrected chi connectivity index (χ4v) is 4.60. The zero-order valence-corrected chi connectivity index (χ0v) is 15.2. The third-order valence-electron chi connectivity index (χ3n) is 3.87. The zero-order chi connectivity index (χ0) is 19.3. The highest BCUT2D eigenvalue weighted by molar-refractivity contribution is 7.21. The fourth-order valence-electron chi connectivity index (χ4n) is 2.76. The Bertz CT molecular complexity index is 1200. The van der Waals surface area contributed by atoms with Gasteiger partial charge in [0.15, 0.2) is 0 Å². The Hall–Kier alpha value is -2.72. The van der Waals surface area contributed by atoms with Crippen LogP contribution in [0.25, 0.3) is 20.3 Å². The van der Waals surface area contributed by atoms with Crippen LogP contribution in [0.2, 0.25) is 0 Å². The summed E-state index contributed by atoms with van der Waals surface area (Å²) in [5.41, 5.74) is -1.53. The van der Waals surface area contributed by atoms with Crippen molar-refractivity contribution in [1.29, 1.82) is 0 Å². The van der Waals surface area contributed by atoms with Gasteiger partial charge in [0.1, 0.15) is 17.1 Å². The summed E-state index contributed by atoms with van der Waals surface area (Å²) >= 11 is 2.92. The number of hydrogen-bond donors (Lipinski definition) is 0. The van der Waals surface area contributed by atoms with Gasteiger partial charge in [0.05, 0.1) is 24.8 Å². The van der Waals surface area contributed by atoms with Crippen molar-refractivity contribution in [2.24, 2.45) is 0 Å². The van der Waals surface area contributed by atoms with E-state index in [-0.39, 0.29) is 5.75 Å². The first-order chi connectivity index (χ1) is 12.7. The third kappa shape index (κ3) is 3.10. The predicted octanol–water partition coefficient (Wildman–Crippen LogP) is 6.54. The molecule has 138 valence electrons. The number of nitrogens with zero attached hydrogens (tertiary/aromatic N) is 2. The highest BCUT2D eigenvalue weighted by Gasteiger charge is 2.38. The predicted molar refractivity (Wildman–Crippen MR) is 97.9 cm³/mol. The fraction of sp³-hybridized carbons (Fsp3) is 0.118. The number of fused-ring (bicyclic) bond motifs is 3. The van der Waals surface area contributed by atoms with Crippen molar-refractivity contribution in [3.63, 3.8) is 0 Å². The van der Waals surface area contributed by atoms with E-state index in [2.05, 4.69) is 4.98 Å². The summed E-state index contributed by atoms with van der Waals surface area (Å²) in [6.45, 7) is 1.87. The molecule has 0 spiro atoms. The van der Waals surface area contributed by atoms with Crippen molar-refractivity contribution in [3.8, 4) is 11.5 Å². The average Bonchev–Trinajstić information content (AvgIpc) is 3.19. The smallest absolute Gasteiger partial charge is 0.423 e. The van der Waals surface area contributed by atoms with Gasteiger partial charge in [-0.2, -0.15) is 13.2 Å². The van der Waals surface area contributed by atoms with Crippen LogP contribution < -0.4 is 4.74 Å². The maximum absolute atomic E-state index is 13.2. The molecule has 4 rings (SSSR count). The van der Waals surface area contributed by atoms with Crippen molar-refractivity contribution in [2.45, 2.75) is 13.1 Å². The largest absolute Gasteiger partial charge is 0.457 e. The molecule has 2 aromatic carbocycles. The molecule has 5 nitrogen and oxygen atoms in total. The van der Waals surface area contributed by atoms with E-state index in [1.165, 1.54) is 22.7 Å². The molecule has 0 N–H and O–H groups in total. The number of aryl methyl sites for hydroxylation is 1. The van der Waals surface area contributed by atoms with Gasteiger partial charge in [-0.1, -0.05) is 0 Å². The minimum absolute atomic E-state index is 0.124. The van der Waals surface area contributed by atoms with Gasteiger partial charge in [-0.25, -0.2) is 4.98 Å². The van der Waals surface area contributed by atoms with Crippen LogP contribution in [0.4, 0.5) is 18.9 Å². The van der Waals surface area contributed by atoms with Crippen LogP contribution in [0.1, 0.15) is 10.6 Å². The number of thiazole rings is 1. The first kappa shape index (κ1) is 17.7. The van der Waals surface area contributed by atoms with Crippen LogP contribution in [-0.2, 0) is 6.18 Å². The van der Waals surface area contributed by atoms with Crippen molar-refractivity contribution in [1.82, 2.24) is 4.98 Å². The number of nitro benzene ring substituents is 1. The Morgan fingerprint density at radius 2 is 2.00 bits per heavy atom. The molecule has 0 aliphatic rings. The summed E-state index contributed by atoms with van der Waals surface area (Å²) < 4.78 is 47.0. The molecule has 0 bridgehead atoms. The number of rotatable bonds is 3. The van der Waals surface area contributed by atoms with Gasteiger partial charge >= 0.3 is 6.18 Å². The van der Waals surface area contributed by atoms with Gasteiger partial charge in [0.25, 0.3) is 5.69 Å². The van der Waals surface area contributed by atoms with Gasteiger partial charge in [-0.3, -0.25) is 10.1 Å². The third-order valence-corrected chi connectivity index (χ3v) is 5.71. The molecule has 0 saturated carbocycles. The molecule has 10 heteroatoms. The molecular weight excluding hydrogens is 401 g/mol. The second-order valence-corrected chi connectivity index (χ2v) is 7.80. The van der Waals surface area contributed by atoms with E-state index >= 15 is 0 Å². The first-order valence-corrected chi connectivity index (χ1v) is 9.24. The molecule has 4 aromatic rings. The molecule has 0 unspecified atom stereocenters. The molecule has 0 aliphatic carbocycles. The van der Waals surface area contributed by atoms with Crippen molar-refractivity contribution < 1.29 is 22.8 Å². The van der Waals surface area contributed by atoms with E-state index in [1.54, 1.807) is 12.1 Å². The topological polar surface area (TPSA) is 65.3 Å². The number of hydrogen-bond acceptors (Lipinski definition) is 6. The normalized spacial score (nSPS) is 12.0. The number of benzene rings is 2. The van der Waals surface area contributed by atoms with Crippen LogP contribution in [0.3, 0.4) is 0 Å². The second-order valence-electron chi connectivity index (χ2n) is 5.65. The van der Waals surface area contributed by atoms with E-state index in [9.17, 15) is 23.3 Å². The lowest BCUT2D eigenvalue weighted by molar-refractivity contribution is -0.388. The van der Waals surface area contributed by atoms with E-state index < -0.39 is 22.4 Å². The average molecular weight is 410 g/mol. The van der Waals surface area contributed by atoms with E-state index in [0.29, 0.717) is 11.8 Å². The van der Waals surface area contributed by atoms with E-state index in [1.807, 2.05) is 12.3 Å². The monoisotopic (exact) mass is 410 g/mol. The quantitative estimate of drug-likeness (QED) is 0.284. The van der Waals surface area contributed by atoms with Gasteiger partial charge in [0, 0.05) is 17.5 Å². The van der Waals surface area contributed by atoms with E-state index in [4.69, 9.17) is 4.74 Å². The molecule has 0 fully saturated rings. The van der Waals surface area contributed by atoms with Crippen LogP contribution >= 0.6 is 22.7 Å². The molecule has 0 atom stereocenters. The number of halogens is 3. The highest BCUT2D eigenvalue weighted by atomic mass is 32.1. The Kier molecular flexibility index (Phi) is 4.04. The molecule has 27 heavy (non-hydrogen) atoms. The Morgan fingerprint density at radius 3 is 2.70 bits per heavy atom. The molecule has 2 heterocycles. The number of aromatic nitrogens is 1. The summed E-state index contributed by atoms with van der Waals surface area (Å²) in [6, 6.07) is 6.15. The standard InChI is InChI=1S/C17H9F3N2O3S2/c1-8-21-15-14(27-8)7-13(10-4-5-26-16(10)15)25-9-2-3-12(22(23)24)11(6-9)17(18,19)20/h2-7H,1H3. The summed E-state index contributed by atoms with van der Waals surface area (Å²) in [4.78, 5) is 14.3. The molecule has 0 amide bonds.